The molecular weight excluding hydrogens is 348 g/mol. The molecule has 146 valence electrons. The van der Waals surface area contributed by atoms with E-state index in [1.54, 1.807) is 4.90 Å². The van der Waals surface area contributed by atoms with Crippen LogP contribution in [-0.2, 0) is 29.4 Å². The van der Waals surface area contributed by atoms with Crippen molar-refractivity contribution in [3.05, 3.63) is 35.9 Å². The van der Waals surface area contributed by atoms with Crippen molar-refractivity contribution in [2.45, 2.75) is 24.8 Å². The zero-order valence-corrected chi connectivity index (χ0v) is 15.8. The largest absolute Gasteiger partial charge is 0.469 e. The normalized spacial score (nSPS) is 27.9. The number of likely N-dealkylation sites (tertiary alicyclic amines) is 1. The minimum atomic E-state index is -1.34. The highest BCUT2D eigenvalue weighted by Crippen LogP contribution is 2.43. The monoisotopic (exact) mass is 374 g/mol. The maximum Gasteiger partial charge on any atom is 0.312 e. The van der Waals surface area contributed by atoms with Gasteiger partial charge in [-0.25, -0.2) is 0 Å². The second kappa shape index (κ2) is 8.08. The highest BCUT2D eigenvalue weighted by molar-refractivity contribution is 5.97. The molecule has 3 rings (SSSR count). The third-order valence-electron chi connectivity index (χ3n) is 5.64. The Kier molecular flexibility index (Phi) is 5.79. The lowest BCUT2D eigenvalue weighted by Gasteiger charge is -2.39. The number of piperidine rings is 1. The number of hydrogen-bond acceptors (Lipinski definition) is 6. The number of benzene rings is 1. The fourth-order valence-corrected chi connectivity index (χ4v) is 4.30. The van der Waals surface area contributed by atoms with Crippen LogP contribution < -0.4 is 5.32 Å². The Morgan fingerprint density at radius 1 is 1.00 bits per heavy atom. The van der Waals surface area contributed by atoms with Crippen molar-refractivity contribution in [2.24, 2.45) is 11.8 Å². The van der Waals surface area contributed by atoms with Crippen LogP contribution in [0.1, 0.15) is 24.8 Å². The lowest BCUT2D eigenvalue weighted by Crippen LogP contribution is -2.59. The lowest BCUT2D eigenvalue weighted by molar-refractivity contribution is -0.161. The Morgan fingerprint density at radius 3 is 2.22 bits per heavy atom. The number of esters is 2. The van der Waals surface area contributed by atoms with E-state index in [-0.39, 0.29) is 12.5 Å². The summed E-state index contributed by atoms with van der Waals surface area (Å²) < 4.78 is 9.92. The van der Waals surface area contributed by atoms with E-state index in [2.05, 4.69) is 5.32 Å². The van der Waals surface area contributed by atoms with E-state index in [0.717, 1.165) is 19.3 Å². The maximum absolute atomic E-state index is 13.7. The molecule has 2 aliphatic heterocycles. The molecule has 0 bridgehead atoms. The zero-order valence-electron chi connectivity index (χ0n) is 15.8. The fourth-order valence-electron chi connectivity index (χ4n) is 4.30. The van der Waals surface area contributed by atoms with E-state index in [4.69, 9.17) is 9.47 Å². The molecule has 2 aliphatic rings. The van der Waals surface area contributed by atoms with Crippen molar-refractivity contribution >= 4 is 17.8 Å². The third kappa shape index (κ3) is 3.32. The number of ether oxygens (including phenoxy) is 2. The Labute approximate surface area is 159 Å². The smallest absolute Gasteiger partial charge is 0.312 e. The molecule has 7 heteroatoms. The number of nitrogens with zero attached hydrogens (tertiary/aromatic N) is 1. The first-order chi connectivity index (χ1) is 13.1. The van der Waals surface area contributed by atoms with Gasteiger partial charge in [0, 0.05) is 19.6 Å². The first-order valence-corrected chi connectivity index (χ1v) is 9.32. The van der Waals surface area contributed by atoms with E-state index in [0.29, 0.717) is 18.7 Å². The van der Waals surface area contributed by atoms with E-state index >= 15 is 0 Å². The van der Waals surface area contributed by atoms with Crippen molar-refractivity contribution in [2.75, 3.05) is 33.9 Å². The van der Waals surface area contributed by atoms with Crippen LogP contribution in [0.5, 0.6) is 0 Å². The topological polar surface area (TPSA) is 84.9 Å². The van der Waals surface area contributed by atoms with Gasteiger partial charge in [0.1, 0.15) is 11.5 Å². The van der Waals surface area contributed by atoms with Gasteiger partial charge in [-0.1, -0.05) is 30.3 Å². The average Bonchev–Trinajstić information content (AvgIpc) is 3.14. The van der Waals surface area contributed by atoms with E-state index < -0.39 is 29.3 Å². The number of methoxy groups -OCH3 is 2. The third-order valence-corrected chi connectivity index (χ3v) is 5.64. The van der Waals surface area contributed by atoms with Gasteiger partial charge in [-0.15, -0.1) is 0 Å². The summed E-state index contributed by atoms with van der Waals surface area (Å²) in [5, 5.41) is 3.22. The quantitative estimate of drug-likeness (QED) is 0.794. The number of nitrogens with one attached hydrogen (secondary N) is 1. The molecule has 0 aliphatic carbocycles. The number of amides is 1. The standard InChI is InChI=1S/C20H26N2O5/c1-26-17(23)15-13-21-20(16(15)18(24)27-2,14-9-5-3-6-10-14)19(25)22-11-7-4-8-12-22/h3,5-6,9-10,15-16,21H,4,7-8,11-13H2,1-2H3/t15-,16-,20+/m0/s1. The van der Waals surface area contributed by atoms with Crippen LogP contribution in [0.4, 0.5) is 0 Å². The van der Waals surface area contributed by atoms with E-state index in [9.17, 15) is 14.4 Å². The Balaban J connectivity index is 2.12. The summed E-state index contributed by atoms with van der Waals surface area (Å²) in [5.41, 5.74) is -0.688. The predicted molar refractivity (Wildman–Crippen MR) is 97.6 cm³/mol. The average molecular weight is 374 g/mol. The van der Waals surface area contributed by atoms with Crippen LogP contribution in [0.25, 0.3) is 0 Å². The van der Waals surface area contributed by atoms with Crippen LogP contribution in [0.2, 0.25) is 0 Å². The second-order valence-corrected chi connectivity index (χ2v) is 7.04. The molecule has 27 heavy (non-hydrogen) atoms. The van der Waals surface area contributed by atoms with Crippen molar-refractivity contribution in [3.8, 4) is 0 Å². The van der Waals surface area contributed by atoms with Gasteiger partial charge in [-0.05, 0) is 24.8 Å². The van der Waals surface area contributed by atoms with Crippen molar-refractivity contribution < 1.29 is 23.9 Å². The van der Waals surface area contributed by atoms with Crippen molar-refractivity contribution in [3.63, 3.8) is 0 Å². The molecule has 1 aromatic carbocycles. The Hall–Kier alpha value is -2.41. The molecule has 1 aromatic rings. The molecule has 0 aromatic heterocycles. The van der Waals surface area contributed by atoms with Gasteiger partial charge in [0.25, 0.3) is 0 Å². The molecule has 2 saturated heterocycles. The van der Waals surface area contributed by atoms with Gasteiger partial charge < -0.3 is 14.4 Å². The highest BCUT2D eigenvalue weighted by Gasteiger charge is 2.61. The molecule has 2 fully saturated rings. The molecule has 0 saturated carbocycles. The van der Waals surface area contributed by atoms with E-state index in [1.807, 2.05) is 30.3 Å². The zero-order chi connectivity index (χ0) is 19.4. The Bertz CT molecular complexity index is 702. The minimum absolute atomic E-state index is 0.168. The van der Waals surface area contributed by atoms with E-state index in [1.165, 1.54) is 14.2 Å². The van der Waals surface area contributed by atoms with Crippen LogP contribution >= 0.6 is 0 Å². The second-order valence-electron chi connectivity index (χ2n) is 7.04. The summed E-state index contributed by atoms with van der Waals surface area (Å²) in [6, 6.07) is 9.11. The van der Waals surface area contributed by atoms with Gasteiger partial charge in [0.15, 0.2) is 0 Å². The molecule has 2 heterocycles. The SMILES string of the molecule is COC(=O)[C@H]1CN[C@](C(=O)N2CCCCC2)(c2ccccc2)[C@@H]1C(=O)OC. The van der Waals surface area contributed by atoms with Crippen LogP contribution in [0.15, 0.2) is 30.3 Å². The molecular formula is C20H26N2O5. The van der Waals surface area contributed by atoms with Gasteiger partial charge in [-0.3, -0.25) is 19.7 Å². The number of rotatable bonds is 4. The summed E-state index contributed by atoms with van der Waals surface area (Å²) in [7, 11) is 2.56. The van der Waals surface area contributed by atoms with Gasteiger partial charge in [0.05, 0.1) is 20.1 Å². The Morgan fingerprint density at radius 2 is 1.63 bits per heavy atom. The molecule has 1 amide bonds. The van der Waals surface area contributed by atoms with Gasteiger partial charge >= 0.3 is 11.9 Å². The van der Waals surface area contributed by atoms with Crippen LogP contribution in [-0.4, -0.2) is 56.6 Å². The molecule has 0 spiro atoms. The number of carbonyl (C=O) groups is 3. The summed E-state index contributed by atoms with van der Waals surface area (Å²) in [6.45, 7) is 1.46. The molecule has 0 unspecified atom stereocenters. The maximum atomic E-state index is 13.7. The molecule has 1 N–H and O–H groups in total. The number of carbonyl (C=O) groups excluding carboxylic acids is 3. The lowest BCUT2D eigenvalue weighted by atomic mass is 9.74. The summed E-state index contributed by atoms with van der Waals surface area (Å²) in [5.74, 6) is -3.09. The first-order valence-electron chi connectivity index (χ1n) is 9.32. The van der Waals surface area contributed by atoms with Crippen LogP contribution in [0, 0.1) is 11.8 Å². The van der Waals surface area contributed by atoms with Crippen LogP contribution in [0.3, 0.4) is 0 Å². The molecule has 7 nitrogen and oxygen atoms in total. The van der Waals surface area contributed by atoms with Gasteiger partial charge in [0.2, 0.25) is 5.91 Å². The summed E-state index contributed by atoms with van der Waals surface area (Å²) in [6.07, 6.45) is 2.95. The fraction of sp³-hybridized carbons (Fsp3) is 0.550. The predicted octanol–water partition coefficient (Wildman–Crippen LogP) is 1.08. The summed E-state index contributed by atoms with van der Waals surface area (Å²) >= 11 is 0. The summed E-state index contributed by atoms with van der Waals surface area (Å²) in [4.78, 5) is 40.7. The molecule has 3 atom stereocenters. The minimum Gasteiger partial charge on any atom is -0.469 e. The molecule has 0 radical (unpaired) electrons. The first kappa shape index (κ1) is 19.4. The van der Waals surface area contributed by atoms with Crippen molar-refractivity contribution in [1.82, 2.24) is 10.2 Å². The number of hydrogen-bond donors (Lipinski definition) is 1. The van der Waals surface area contributed by atoms with Gasteiger partial charge in [-0.2, -0.15) is 0 Å². The highest BCUT2D eigenvalue weighted by atomic mass is 16.5. The van der Waals surface area contributed by atoms with Crippen molar-refractivity contribution in [1.29, 1.82) is 0 Å².